The molecule has 17 heteroatoms. The first-order valence-corrected chi connectivity index (χ1v) is 20.5. The number of fused-ring (bicyclic) bond motifs is 1. The number of amides is 2. The average molecular weight is 837 g/mol. The second-order valence-electron chi connectivity index (χ2n) is 13.1. The van der Waals surface area contributed by atoms with Gasteiger partial charge in [0.15, 0.2) is 0 Å². The Hall–Kier alpha value is -2.38. The summed E-state index contributed by atoms with van der Waals surface area (Å²) in [5.74, 6) is 0.589. The first-order chi connectivity index (χ1) is 26.6. The Labute approximate surface area is 364 Å². The van der Waals surface area contributed by atoms with Crippen molar-refractivity contribution in [3.05, 3.63) is 36.0 Å². The molecule has 1 aromatic heterocycles. The third kappa shape index (κ3) is 37.6. The van der Waals surface area contributed by atoms with Crippen molar-refractivity contribution in [1.29, 1.82) is 0 Å². The number of rotatable bonds is 26. The van der Waals surface area contributed by atoms with Crippen LogP contribution >= 0.6 is 0 Å². The van der Waals surface area contributed by atoms with Crippen LogP contribution in [-0.2, 0) is 54.8 Å². The molecule has 0 saturated carbocycles. The van der Waals surface area contributed by atoms with Gasteiger partial charge in [0.05, 0.1) is 23.6 Å². The van der Waals surface area contributed by atoms with E-state index in [4.69, 9.17) is 18.9 Å². The molecule has 0 aliphatic carbocycles. The number of Topliss-reactive ketones (excluding diaryl/α,β-unsaturated/α-hetero) is 2. The normalized spacial score (nSPS) is 10.5. The van der Waals surface area contributed by atoms with Gasteiger partial charge in [0.1, 0.15) is 21.7 Å². The van der Waals surface area contributed by atoms with E-state index in [0.29, 0.717) is 62.3 Å². The number of nitrogens with zero attached hydrogens (tertiary/aromatic N) is 2. The first kappa shape index (κ1) is 58.9. The predicted molar refractivity (Wildman–Crippen MR) is 217 cm³/mol. The molecule has 2 aromatic rings. The van der Waals surface area contributed by atoms with Gasteiger partial charge >= 0.3 is 29.6 Å². The molecule has 1 heterocycles. The van der Waals surface area contributed by atoms with Crippen molar-refractivity contribution >= 4 is 44.4 Å². The quantitative estimate of drug-likeness (QED) is 0.0791. The SMILES string of the molecule is CC(=O)NCCCCCCNC(C)=O.COCCCC(C)=O.COCCCCCC(C)=O.COCCN(CCOC)Cc1cc(S(=O)(=O)[O-])c2cccnc2c1.[Na+]. The first-order valence-electron chi connectivity index (χ1n) is 19.1. The number of aromatic nitrogens is 1. The van der Waals surface area contributed by atoms with Crippen LogP contribution in [0.5, 0.6) is 0 Å². The summed E-state index contributed by atoms with van der Waals surface area (Å²) in [6.45, 7) is 12.2. The fourth-order valence-electron chi connectivity index (χ4n) is 4.87. The van der Waals surface area contributed by atoms with Gasteiger partial charge in [-0.15, -0.1) is 0 Å². The number of nitrogens with one attached hydrogen (secondary N) is 2. The Balaban J connectivity index is -0.000000753. The molecule has 0 saturated heterocycles. The van der Waals surface area contributed by atoms with Gasteiger partial charge < -0.3 is 43.7 Å². The molecule has 57 heavy (non-hydrogen) atoms. The molecule has 0 atom stereocenters. The smallest absolute Gasteiger partial charge is 0.744 e. The number of pyridine rings is 1. The van der Waals surface area contributed by atoms with Gasteiger partial charge in [-0.25, -0.2) is 8.42 Å². The number of carbonyl (C=O) groups is 4. The van der Waals surface area contributed by atoms with E-state index in [9.17, 15) is 32.1 Å². The molecule has 0 aliphatic rings. The molecule has 2 amide bonds. The zero-order chi connectivity index (χ0) is 42.6. The van der Waals surface area contributed by atoms with Crippen LogP contribution in [0.15, 0.2) is 35.4 Å². The van der Waals surface area contributed by atoms with Gasteiger partial charge in [-0.1, -0.05) is 25.3 Å². The fourth-order valence-corrected chi connectivity index (χ4v) is 5.60. The summed E-state index contributed by atoms with van der Waals surface area (Å²) < 4.78 is 54.6. The van der Waals surface area contributed by atoms with Crippen LogP contribution < -0.4 is 40.2 Å². The van der Waals surface area contributed by atoms with E-state index in [2.05, 4.69) is 20.5 Å². The van der Waals surface area contributed by atoms with E-state index in [1.807, 2.05) is 0 Å². The van der Waals surface area contributed by atoms with Crippen molar-refractivity contribution in [2.75, 3.05) is 81.0 Å². The molecule has 1 aromatic carbocycles. The number of unbranched alkanes of at least 4 members (excludes halogenated alkanes) is 5. The third-order valence-corrected chi connectivity index (χ3v) is 8.62. The van der Waals surface area contributed by atoms with Crippen LogP contribution in [0.2, 0.25) is 0 Å². The van der Waals surface area contributed by atoms with Gasteiger partial charge in [0.2, 0.25) is 11.8 Å². The molecular weight excluding hydrogens is 768 g/mol. The van der Waals surface area contributed by atoms with E-state index in [0.717, 1.165) is 77.5 Å². The molecular formula is C40H69N4NaO11S. The zero-order valence-corrected chi connectivity index (χ0v) is 38.9. The molecule has 15 nitrogen and oxygen atoms in total. The van der Waals surface area contributed by atoms with Crippen LogP contribution in [0, 0.1) is 0 Å². The number of hydrogen-bond acceptors (Lipinski definition) is 13. The van der Waals surface area contributed by atoms with Crippen molar-refractivity contribution in [2.45, 2.75) is 103 Å². The molecule has 0 spiro atoms. The van der Waals surface area contributed by atoms with Crippen LogP contribution in [0.3, 0.4) is 0 Å². The van der Waals surface area contributed by atoms with E-state index in [1.54, 1.807) is 66.7 Å². The molecule has 2 rings (SSSR count). The van der Waals surface area contributed by atoms with E-state index in [1.165, 1.54) is 19.9 Å². The predicted octanol–water partition coefficient (Wildman–Crippen LogP) is 1.84. The summed E-state index contributed by atoms with van der Waals surface area (Å²) in [6, 6.07) is 6.43. The standard InChI is InChI=1S/C16H22N2O5S.C10H20N2O2.C8H16O2.C6H12O2.Na/c1-22-8-6-18(7-9-23-2)12-13-10-15-14(4-3-5-17-15)16(11-13)24(19,20)21;1-9(13)11-7-5-3-4-6-8-12-10(2)14;1-8(9)6-4-3-5-7-10-2;1-6(7)4-3-5-8-2;/h3-5,10-11H,6-9,12H2,1-2H3,(H,19,20,21);3-8H2,1-2H3,(H,11,13)(H,12,14);3-7H2,1-2H3;3-5H2,1-2H3;/q;;;;+1/p-1. The van der Waals surface area contributed by atoms with Gasteiger partial charge in [-0.2, -0.15) is 0 Å². The zero-order valence-electron chi connectivity index (χ0n) is 36.1. The molecule has 0 unspecified atom stereocenters. The second kappa shape index (κ2) is 39.1. The van der Waals surface area contributed by atoms with E-state index >= 15 is 0 Å². The molecule has 0 bridgehead atoms. The Bertz CT molecular complexity index is 1440. The Morgan fingerprint density at radius 2 is 1.16 bits per heavy atom. The van der Waals surface area contributed by atoms with Crippen molar-refractivity contribution in [3.63, 3.8) is 0 Å². The molecule has 2 N–H and O–H groups in total. The average Bonchev–Trinajstić information content (AvgIpc) is 3.13. The van der Waals surface area contributed by atoms with Crippen molar-refractivity contribution in [3.8, 4) is 0 Å². The Morgan fingerprint density at radius 3 is 1.61 bits per heavy atom. The summed E-state index contributed by atoms with van der Waals surface area (Å²) in [5.41, 5.74) is 1.20. The summed E-state index contributed by atoms with van der Waals surface area (Å²) in [5, 5.41) is 5.84. The van der Waals surface area contributed by atoms with Crippen molar-refractivity contribution in [1.82, 2.24) is 20.5 Å². The Kier molecular flexibility index (Phi) is 40.4. The monoisotopic (exact) mass is 836 g/mol. The second-order valence-corrected chi connectivity index (χ2v) is 14.4. The fraction of sp³-hybridized carbons (Fsp3) is 0.675. The van der Waals surface area contributed by atoms with Crippen LogP contribution in [0.25, 0.3) is 10.9 Å². The summed E-state index contributed by atoms with van der Waals surface area (Å²) in [6.07, 6.45) is 11.2. The maximum Gasteiger partial charge on any atom is 1.00 e. The third-order valence-electron chi connectivity index (χ3n) is 7.75. The minimum atomic E-state index is -4.58. The number of methoxy groups -OCH3 is 4. The minimum Gasteiger partial charge on any atom is -0.744 e. The summed E-state index contributed by atoms with van der Waals surface area (Å²) in [4.78, 5) is 47.7. The number of ketones is 2. The molecule has 0 fully saturated rings. The van der Waals surface area contributed by atoms with Gasteiger partial charge in [0.25, 0.3) is 0 Å². The number of hydrogen-bond donors (Lipinski definition) is 2. The van der Waals surface area contributed by atoms with Gasteiger partial charge in [-0.05, 0) is 69.7 Å². The van der Waals surface area contributed by atoms with E-state index < -0.39 is 10.1 Å². The summed E-state index contributed by atoms with van der Waals surface area (Å²) in [7, 11) is 2.00. The molecule has 0 radical (unpaired) electrons. The minimum absolute atomic E-state index is 0. The topological polar surface area (TPSA) is 203 Å². The Morgan fingerprint density at radius 1 is 0.684 bits per heavy atom. The number of carbonyl (C=O) groups excluding carboxylic acids is 4. The number of ether oxygens (including phenoxy) is 4. The van der Waals surface area contributed by atoms with E-state index in [-0.39, 0.29) is 57.8 Å². The molecule has 0 aliphatic heterocycles. The molecule has 322 valence electrons. The van der Waals surface area contributed by atoms with Gasteiger partial charge in [0, 0.05) is 113 Å². The maximum absolute atomic E-state index is 11.6. The van der Waals surface area contributed by atoms with Crippen molar-refractivity contribution in [2.24, 2.45) is 0 Å². The maximum atomic E-state index is 11.6. The van der Waals surface area contributed by atoms with Crippen LogP contribution in [0.4, 0.5) is 0 Å². The number of benzene rings is 1. The summed E-state index contributed by atoms with van der Waals surface area (Å²) >= 11 is 0. The van der Waals surface area contributed by atoms with Crippen LogP contribution in [-0.4, -0.2) is 127 Å². The van der Waals surface area contributed by atoms with Crippen molar-refractivity contribution < 1.29 is 80.7 Å². The van der Waals surface area contributed by atoms with Gasteiger partial charge in [-0.3, -0.25) is 19.5 Å². The largest absolute Gasteiger partial charge is 1.00 e. The van der Waals surface area contributed by atoms with Crippen LogP contribution in [0.1, 0.15) is 97.5 Å².